The Hall–Kier alpha value is -2.41. The Morgan fingerprint density at radius 3 is 2.92 bits per heavy atom. The summed E-state index contributed by atoms with van der Waals surface area (Å²) in [5, 5.41) is 7.30. The van der Waals surface area contributed by atoms with Crippen molar-refractivity contribution in [1.29, 1.82) is 0 Å². The van der Waals surface area contributed by atoms with Crippen LogP contribution < -0.4 is 5.32 Å². The molecule has 0 aromatic carbocycles. The lowest BCUT2D eigenvalue weighted by Crippen LogP contribution is -2.48. The lowest BCUT2D eigenvalue weighted by atomic mass is 9.96. The molecule has 3 heterocycles. The third kappa shape index (κ3) is 4.57. The van der Waals surface area contributed by atoms with Crippen LogP contribution in [0.5, 0.6) is 0 Å². The first kappa shape index (κ1) is 17.4. The number of carbonyl (C=O) groups excluding carboxylic acids is 1. The molecule has 1 aliphatic rings. The van der Waals surface area contributed by atoms with Crippen LogP contribution >= 0.6 is 0 Å². The molecule has 1 saturated heterocycles. The second-order valence-electron chi connectivity index (χ2n) is 6.49. The van der Waals surface area contributed by atoms with Crippen LogP contribution in [0.1, 0.15) is 18.9 Å². The first-order valence-electron chi connectivity index (χ1n) is 8.67. The van der Waals surface area contributed by atoms with Gasteiger partial charge in [-0.2, -0.15) is 5.10 Å². The van der Waals surface area contributed by atoms with Crippen molar-refractivity contribution < 1.29 is 9.53 Å². The number of amides is 2. The van der Waals surface area contributed by atoms with Gasteiger partial charge in [-0.05, 0) is 36.5 Å². The van der Waals surface area contributed by atoms with E-state index < -0.39 is 0 Å². The molecule has 0 aliphatic carbocycles. The van der Waals surface area contributed by atoms with Gasteiger partial charge in [-0.3, -0.25) is 15.0 Å². The average molecular weight is 343 g/mol. The number of methoxy groups -OCH3 is 1. The number of anilines is 1. The molecule has 2 amide bonds. The summed E-state index contributed by atoms with van der Waals surface area (Å²) in [7, 11) is 1.70. The van der Waals surface area contributed by atoms with E-state index in [1.54, 1.807) is 24.4 Å². The first-order valence-corrected chi connectivity index (χ1v) is 8.67. The molecule has 1 fully saturated rings. The fraction of sp³-hybridized carbons (Fsp3) is 0.500. The Kier molecular flexibility index (Phi) is 5.65. The Bertz CT molecular complexity index is 688. The van der Waals surface area contributed by atoms with Gasteiger partial charge >= 0.3 is 6.03 Å². The molecule has 7 heteroatoms. The highest BCUT2D eigenvalue weighted by molar-refractivity contribution is 5.88. The number of hydrogen-bond donors (Lipinski definition) is 1. The lowest BCUT2D eigenvalue weighted by Gasteiger charge is -2.35. The van der Waals surface area contributed by atoms with Crippen molar-refractivity contribution in [2.45, 2.75) is 32.4 Å². The van der Waals surface area contributed by atoms with Gasteiger partial charge in [0.2, 0.25) is 0 Å². The zero-order valence-electron chi connectivity index (χ0n) is 14.8. The Balaban J connectivity index is 1.51. The van der Waals surface area contributed by atoms with Crippen LogP contribution in [-0.2, 0) is 17.7 Å². The Labute approximate surface area is 148 Å². The number of hydrogen-bond acceptors (Lipinski definition) is 4. The number of rotatable bonds is 5. The summed E-state index contributed by atoms with van der Waals surface area (Å²) in [4.78, 5) is 18.2. The highest BCUT2D eigenvalue weighted by atomic mass is 16.5. The molecule has 2 aromatic rings. The lowest BCUT2D eigenvalue weighted by molar-refractivity contribution is 0.00894. The van der Waals surface area contributed by atoms with Gasteiger partial charge in [-0.1, -0.05) is 6.92 Å². The maximum atomic E-state index is 12.4. The topological polar surface area (TPSA) is 72.3 Å². The van der Waals surface area contributed by atoms with E-state index in [4.69, 9.17) is 4.74 Å². The summed E-state index contributed by atoms with van der Waals surface area (Å²) in [6.45, 7) is 4.28. The maximum Gasteiger partial charge on any atom is 0.323 e. The zero-order chi connectivity index (χ0) is 17.6. The van der Waals surface area contributed by atoms with Crippen molar-refractivity contribution in [3.8, 4) is 0 Å². The minimum absolute atomic E-state index is 0.0948. The number of aromatic nitrogens is 3. The molecule has 0 saturated carbocycles. The number of aryl methyl sites for hydroxylation is 2. The molecule has 0 radical (unpaired) electrons. The summed E-state index contributed by atoms with van der Waals surface area (Å²) >= 11 is 0. The third-order valence-corrected chi connectivity index (χ3v) is 4.73. The number of urea groups is 1. The molecule has 0 spiro atoms. The normalized spacial score (nSPS) is 20.5. The molecule has 0 unspecified atom stereocenters. The van der Waals surface area contributed by atoms with E-state index in [9.17, 15) is 4.79 Å². The summed E-state index contributed by atoms with van der Waals surface area (Å²) in [6, 6.07) is 5.70. The highest BCUT2D eigenvalue weighted by Crippen LogP contribution is 2.20. The van der Waals surface area contributed by atoms with Gasteiger partial charge in [0.25, 0.3) is 0 Å². The Morgan fingerprint density at radius 1 is 1.36 bits per heavy atom. The van der Waals surface area contributed by atoms with Gasteiger partial charge in [0.1, 0.15) is 0 Å². The van der Waals surface area contributed by atoms with E-state index in [0.717, 1.165) is 25.9 Å². The molecule has 7 nitrogen and oxygen atoms in total. The number of piperidine rings is 1. The zero-order valence-corrected chi connectivity index (χ0v) is 14.8. The highest BCUT2D eigenvalue weighted by Gasteiger charge is 2.28. The van der Waals surface area contributed by atoms with Crippen LogP contribution in [0.2, 0.25) is 0 Å². The van der Waals surface area contributed by atoms with Crippen LogP contribution in [0, 0.1) is 5.92 Å². The fourth-order valence-electron chi connectivity index (χ4n) is 3.06. The molecule has 2 atom stereocenters. The molecule has 3 rings (SSSR count). The van der Waals surface area contributed by atoms with Crippen molar-refractivity contribution in [3.05, 3.63) is 42.4 Å². The molecule has 134 valence electrons. The Morgan fingerprint density at radius 2 is 2.16 bits per heavy atom. The van der Waals surface area contributed by atoms with Gasteiger partial charge < -0.3 is 9.64 Å². The van der Waals surface area contributed by atoms with Crippen LogP contribution in [-0.4, -0.2) is 52.0 Å². The number of pyridine rings is 1. The van der Waals surface area contributed by atoms with Crippen molar-refractivity contribution in [2.75, 3.05) is 25.5 Å². The molecule has 25 heavy (non-hydrogen) atoms. The predicted molar refractivity (Wildman–Crippen MR) is 95.3 cm³/mol. The molecular formula is C18H25N5O2. The van der Waals surface area contributed by atoms with Gasteiger partial charge in [-0.15, -0.1) is 0 Å². The van der Waals surface area contributed by atoms with E-state index in [1.165, 1.54) is 5.56 Å². The van der Waals surface area contributed by atoms with E-state index in [2.05, 4.69) is 22.3 Å². The predicted octanol–water partition coefficient (Wildman–Crippen LogP) is 2.41. The second kappa shape index (κ2) is 8.11. The number of nitrogens with zero attached hydrogens (tertiary/aromatic N) is 4. The molecule has 1 aliphatic heterocycles. The van der Waals surface area contributed by atoms with Gasteiger partial charge in [0.05, 0.1) is 6.10 Å². The SMILES string of the molecule is CO[C@@H]1CN(C(=O)Nc2ccn(CCc3ccncc3)n2)CC[C@@H]1C. The summed E-state index contributed by atoms with van der Waals surface area (Å²) in [5.41, 5.74) is 1.21. The second-order valence-corrected chi connectivity index (χ2v) is 6.49. The van der Waals surface area contributed by atoms with Gasteiger partial charge in [0, 0.05) is 51.4 Å². The minimum Gasteiger partial charge on any atom is -0.379 e. The molecule has 1 N–H and O–H groups in total. The third-order valence-electron chi connectivity index (χ3n) is 4.73. The first-order chi connectivity index (χ1) is 12.2. The smallest absolute Gasteiger partial charge is 0.323 e. The van der Waals surface area contributed by atoms with Gasteiger partial charge in [-0.25, -0.2) is 4.79 Å². The molecule has 0 bridgehead atoms. The van der Waals surface area contributed by atoms with Crippen molar-refractivity contribution in [3.63, 3.8) is 0 Å². The number of ether oxygens (including phenoxy) is 1. The summed E-state index contributed by atoms with van der Waals surface area (Å²) in [5.74, 6) is 1.05. The number of nitrogens with one attached hydrogen (secondary N) is 1. The molecule has 2 aromatic heterocycles. The van der Waals surface area contributed by atoms with Crippen LogP contribution in [0.25, 0.3) is 0 Å². The van der Waals surface area contributed by atoms with E-state index in [0.29, 0.717) is 18.3 Å². The summed E-state index contributed by atoms with van der Waals surface area (Å²) in [6.07, 6.45) is 7.38. The van der Waals surface area contributed by atoms with E-state index in [1.807, 2.05) is 29.1 Å². The fourth-order valence-corrected chi connectivity index (χ4v) is 3.06. The van der Waals surface area contributed by atoms with Crippen LogP contribution in [0.4, 0.5) is 10.6 Å². The monoisotopic (exact) mass is 343 g/mol. The van der Waals surface area contributed by atoms with Crippen molar-refractivity contribution >= 4 is 11.8 Å². The average Bonchev–Trinajstić information content (AvgIpc) is 3.08. The standard InChI is InChI=1S/C18H25N5O2/c1-14-5-10-22(13-16(14)25-2)18(24)20-17-7-12-23(21-17)11-6-15-3-8-19-9-4-15/h3-4,7-9,12,14,16H,5-6,10-11,13H2,1-2H3,(H,20,21,24)/t14-,16+/m0/s1. The van der Waals surface area contributed by atoms with Crippen LogP contribution in [0.15, 0.2) is 36.8 Å². The van der Waals surface area contributed by atoms with Crippen molar-refractivity contribution in [1.82, 2.24) is 19.7 Å². The van der Waals surface area contributed by atoms with Gasteiger partial charge in [0.15, 0.2) is 5.82 Å². The quantitative estimate of drug-likeness (QED) is 0.905. The van der Waals surface area contributed by atoms with Crippen LogP contribution in [0.3, 0.4) is 0 Å². The van der Waals surface area contributed by atoms with E-state index in [-0.39, 0.29) is 12.1 Å². The molecular weight excluding hydrogens is 318 g/mol. The number of carbonyl (C=O) groups is 1. The largest absolute Gasteiger partial charge is 0.379 e. The maximum absolute atomic E-state index is 12.4. The minimum atomic E-state index is -0.117. The number of likely N-dealkylation sites (tertiary alicyclic amines) is 1. The van der Waals surface area contributed by atoms with E-state index >= 15 is 0 Å². The summed E-state index contributed by atoms with van der Waals surface area (Å²) < 4.78 is 7.31. The van der Waals surface area contributed by atoms with Crippen molar-refractivity contribution in [2.24, 2.45) is 5.92 Å².